The SMILES string of the molecule is COC(=O)c1cc(Nc2ncnc(NNC(=O)c3cccc4ccccc34)c2[N+](=O)[O-])cc(C(=O)OC)c1. The van der Waals surface area contributed by atoms with Crippen LogP contribution in [0.2, 0.25) is 0 Å². The molecule has 1 aromatic heterocycles. The molecule has 0 unspecified atom stereocenters. The second-order valence-electron chi connectivity index (χ2n) is 7.69. The van der Waals surface area contributed by atoms with Gasteiger partial charge < -0.3 is 14.8 Å². The van der Waals surface area contributed by atoms with E-state index in [0.717, 1.165) is 11.7 Å². The van der Waals surface area contributed by atoms with Crippen molar-refractivity contribution in [1.29, 1.82) is 0 Å². The van der Waals surface area contributed by atoms with Crippen LogP contribution in [-0.2, 0) is 9.47 Å². The first-order valence-electron chi connectivity index (χ1n) is 10.9. The Morgan fingerprint density at radius 2 is 1.50 bits per heavy atom. The second kappa shape index (κ2) is 11.0. The smallest absolute Gasteiger partial charge is 0.355 e. The minimum absolute atomic E-state index is 0.00434. The number of fused-ring (bicyclic) bond motifs is 1. The van der Waals surface area contributed by atoms with Crippen LogP contribution in [0.3, 0.4) is 0 Å². The molecule has 0 atom stereocenters. The van der Waals surface area contributed by atoms with Crippen LogP contribution < -0.4 is 16.2 Å². The molecule has 0 radical (unpaired) electrons. The number of hydrogen-bond donors (Lipinski definition) is 3. The number of nitrogens with zero attached hydrogens (tertiary/aromatic N) is 3. The third-order valence-electron chi connectivity index (χ3n) is 5.37. The maximum absolute atomic E-state index is 12.9. The van der Waals surface area contributed by atoms with Crippen molar-refractivity contribution in [2.45, 2.75) is 0 Å². The third kappa shape index (κ3) is 5.31. The van der Waals surface area contributed by atoms with Crippen LogP contribution in [0.4, 0.5) is 23.0 Å². The molecule has 0 aliphatic heterocycles. The molecule has 0 saturated carbocycles. The van der Waals surface area contributed by atoms with Crippen molar-refractivity contribution in [3.63, 3.8) is 0 Å². The van der Waals surface area contributed by atoms with E-state index in [2.05, 4.69) is 26.1 Å². The summed E-state index contributed by atoms with van der Waals surface area (Å²) < 4.78 is 9.41. The fourth-order valence-electron chi connectivity index (χ4n) is 3.65. The summed E-state index contributed by atoms with van der Waals surface area (Å²) in [5.41, 5.74) is 4.75. The number of anilines is 3. The summed E-state index contributed by atoms with van der Waals surface area (Å²) in [5, 5.41) is 16.2. The molecule has 0 fully saturated rings. The monoisotopic (exact) mass is 516 g/mol. The summed E-state index contributed by atoms with van der Waals surface area (Å²) in [7, 11) is 2.33. The van der Waals surface area contributed by atoms with E-state index in [4.69, 9.17) is 9.47 Å². The minimum Gasteiger partial charge on any atom is -0.465 e. The summed E-state index contributed by atoms with van der Waals surface area (Å²) in [4.78, 5) is 56.0. The molecule has 1 heterocycles. The van der Waals surface area contributed by atoms with Gasteiger partial charge in [0.1, 0.15) is 6.33 Å². The number of nitrogens with one attached hydrogen (secondary N) is 3. The average molecular weight is 516 g/mol. The molecular weight excluding hydrogens is 496 g/mol. The zero-order valence-corrected chi connectivity index (χ0v) is 20.1. The van der Waals surface area contributed by atoms with Crippen molar-refractivity contribution in [2.75, 3.05) is 25.0 Å². The molecule has 0 saturated heterocycles. The Bertz CT molecular complexity index is 1530. The predicted molar refractivity (Wildman–Crippen MR) is 136 cm³/mol. The van der Waals surface area contributed by atoms with Gasteiger partial charge in [0.2, 0.25) is 11.6 Å². The van der Waals surface area contributed by atoms with Gasteiger partial charge in [-0.05, 0) is 35.0 Å². The van der Waals surface area contributed by atoms with Crippen LogP contribution in [-0.4, -0.2) is 47.0 Å². The number of hydrogen-bond acceptors (Lipinski definition) is 11. The van der Waals surface area contributed by atoms with E-state index in [1.54, 1.807) is 24.3 Å². The number of esters is 2. The molecule has 0 spiro atoms. The molecule has 192 valence electrons. The molecule has 0 bridgehead atoms. The van der Waals surface area contributed by atoms with Gasteiger partial charge in [0, 0.05) is 11.3 Å². The maximum Gasteiger partial charge on any atom is 0.355 e. The molecule has 38 heavy (non-hydrogen) atoms. The number of hydrazine groups is 1. The second-order valence-corrected chi connectivity index (χ2v) is 7.69. The van der Waals surface area contributed by atoms with Gasteiger partial charge in [0.25, 0.3) is 5.91 Å². The van der Waals surface area contributed by atoms with Gasteiger partial charge in [0.15, 0.2) is 0 Å². The van der Waals surface area contributed by atoms with Crippen molar-refractivity contribution >= 4 is 51.6 Å². The Labute approximate surface area is 214 Å². The normalized spacial score (nSPS) is 10.4. The van der Waals surface area contributed by atoms with Gasteiger partial charge in [-0.15, -0.1) is 0 Å². The first kappa shape index (κ1) is 25.5. The Kier molecular flexibility index (Phi) is 7.38. The average Bonchev–Trinajstić information content (AvgIpc) is 2.94. The number of carbonyl (C=O) groups excluding carboxylic acids is 3. The number of nitro groups is 1. The van der Waals surface area contributed by atoms with E-state index in [-0.39, 0.29) is 28.5 Å². The first-order valence-corrected chi connectivity index (χ1v) is 10.9. The fourth-order valence-corrected chi connectivity index (χ4v) is 3.65. The van der Waals surface area contributed by atoms with Gasteiger partial charge in [0.05, 0.1) is 30.3 Å². The number of carbonyl (C=O) groups is 3. The number of aromatic nitrogens is 2. The van der Waals surface area contributed by atoms with E-state index in [1.165, 1.54) is 32.4 Å². The van der Waals surface area contributed by atoms with Crippen LogP contribution in [0.1, 0.15) is 31.1 Å². The molecule has 1 amide bonds. The maximum atomic E-state index is 12.9. The summed E-state index contributed by atoms with van der Waals surface area (Å²) >= 11 is 0. The lowest BCUT2D eigenvalue weighted by molar-refractivity contribution is -0.383. The Morgan fingerprint density at radius 1 is 0.868 bits per heavy atom. The zero-order valence-electron chi connectivity index (χ0n) is 20.1. The lowest BCUT2D eigenvalue weighted by Gasteiger charge is -2.13. The Hall–Kier alpha value is -5.59. The highest BCUT2D eigenvalue weighted by Gasteiger charge is 2.25. The molecule has 0 aliphatic carbocycles. The number of ether oxygens (including phenoxy) is 2. The third-order valence-corrected chi connectivity index (χ3v) is 5.37. The van der Waals surface area contributed by atoms with Crippen LogP contribution >= 0.6 is 0 Å². The van der Waals surface area contributed by atoms with Crippen molar-refractivity contribution in [1.82, 2.24) is 15.4 Å². The topological polar surface area (TPSA) is 175 Å². The first-order chi connectivity index (χ1) is 18.3. The fraction of sp³-hybridized carbons (Fsp3) is 0.0800. The van der Waals surface area contributed by atoms with E-state index >= 15 is 0 Å². The molecule has 0 aliphatic rings. The van der Waals surface area contributed by atoms with Crippen molar-refractivity contribution in [3.05, 3.63) is 93.8 Å². The van der Waals surface area contributed by atoms with Crippen molar-refractivity contribution in [2.24, 2.45) is 0 Å². The highest BCUT2D eigenvalue weighted by Crippen LogP contribution is 2.31. The molecule has 13 nitrogen and oxygen atoms in total. The van der Waals surface area contributed by atoms with Crippen LogP contribution in [0, 0.1) is 10.1 Å². The molecule has 3 N–H and O–H groups in total. The number of benzene rings is 3. The van der Waals surface area contributed by atoms with Gasteiger partial charge in [-0.3, -0.25) is 25.8 Å². The van der Waals surface area contributed by atoms with Gasteiger partial charge >= 0.3 is 17.6 Å². The largest absolute Gasteiger partial charge is 0.465 e. The van der Waals surface area contributed by atoms with E-state index < -0.39 is 28.5 Å². The standard InChI is InChI=1S/C25H20N6O7/c1-37-24(33)15-10-16(25(34)38-2)12-17(11-15)28-21-20(31(35)36)22(27-13-26-21)29-30-23(32)19-9-5-7-14-6-3-4-8-18(14)19/h3-13H,1-2H3,(H,30,32)(H2,26,27,28,29). The minimum atomic E-state index is -0.750. The lowest BCUT2D eigenvalue weighted by Crippen LogP contribution is -2.30. The van der Waals surface area contributed by atoms with Crippen LogP contribution in [0.5, 0.6) is 0 Å². The molecule has 4 rings (SSSR count). The number of amides is 1. The molecule has 3 aromatic carbocycles. The van der Waals surface area contributed by atoms with Gasteiger partial charge in [-0.25, -0.2) is 19.6 Å². The summed E-state index contributed by atoms with van der Waals surface area (Å²) in [6.07, 6.45) is 1.03. The van der Waals surface area contributed by atoms with E-state index in [0.29, 0.717) is 10.9 Å². The number of methoxy groups -OCH3 is 2. The quantitative estimate of drug-likeness (QED) is 0.177. The molecule has 4 aromatic rings. The number of rotatable bonds is 8. The molecular formula is C25H20N6O7. The highest BCUT2D eigenvalue weighted by atomic mass is 16.6. The summed E-state index contributed by atoms with van der Waals surface area (Å²) in [5.74, 6) is -2.61. The lowest BCUT2D eigenvalue weighted by atomic mass is 10.0. The van der Waals surface area contributed by atoms with Gasteiger partial charge in [-0.2, -0.15) is 0 Å². The Morgan fingerprint density at radius 3 is 2.16 bits per heavy atom. The van der Waals surface area contributed by atoms with Crippen LogP contribution in [0.25, 0.3) is 10.8 Å². The highest BCUT2D eigenvalue weighted by molar-refractivity contribution is 6.07. The van der Waals surface area contributed by atoms with Gasteiger partial charge in [-0.1, -0.05) is 36.4 Å². The Balaban J connectivity index is 1.64. The van der Waals surface area contributed by atoms with Crippen molar-refractivity contribution < 1.29 is 28.8 Å². The molecule has 13 heteroatoms. The predicted octanol–water partition coefficient (Wildman–Crippen LogP) is 3.61. The zero-order chi connectivity index (χ0) is 27.2. The van der Waals surface area contributed by atoms with Crippen LogP contribution in [0.15, 0.2) is 67.0 Å². The van der Waals surface area contributed by atoms with E-state index in [1.807, 2.05) is 18.2 Å². The van der Waals surface area contributed by atoms with E-state index in [9.17, 15) is 24.5 Å². The summed E-state index contributed by atoms with van der Waals surface area (Å²) in [6, 6.07) is 16.4. The van der Waals surface area contributed by atoms with Crippen molar-refractivity contribution in [3.8, 4) is 0 Å². The summed E-state index contributed by atoms with van der Waals surface area (Å²) in [6.45, 7) is 0.